The highest BCUT2D eigenvalue weighted by Crippen LogP contribution is 2.61. The summed E-state index contributed by atoms with van der Waals surface area (Å²) in [4.78, 5) is 4.08. The van der Waals surface area contributed by atoms with Gasteiger partial charge in [-0.1, -0.05) is 12.1 Å². The first-order valence-corrected chi connectivity index (χ1v) is 19.0. The molecule has 0 atom stereocenters. The van der Waals surface area contributed by atoms with Crippen molar-refractivity contribution in [3.63, 3.8) is 0 Å². The van der Waals surface area contributed by atoms with Crippen LogP contribution in [0.1, 0.15) is 5.56 Å². The fourth-order valence-corrected chi connectivity index (χ4v) is 19.6. The molecule has 0 spiro atoms. The van der Waals surface area contributed by atoms with Crippen LogP contribution in [0.5, 0.6) is 0 Å². The van der Waals surface area contributed by atoms with Crippen molar-refractivity contribution in [1.29, 1.82) is 0 Å². The van der Waals surface area contributed by atoms with E-state index in [1.807, 2.05) is 51.1 Å². The summed E-state index contributed by atoms with van der Waals surface area (Å²) in [6.45, 7) is 0. The Bertz CT molecular complexity index is 762. The van der Waals surface area contributed by atoms with Gasteiger partial charge in [-0.15, -0.1) is 0 Å². The van der Waals surface area contributed by atoms with Crippen molar-refractivity contribution < 1.29 is 13.2 Å². The van der Waals surface area contributed by atoms with Crippen molar-refractivity contribution >= 4 is 108 Å². The number of benzene rings is 2. The molecule has 2 aliphatic heterocycles. The van der Waals surface area contributed by atoms with Gasteiger partial charge in [-0.2, -0.15) is 13.2 Å². The Morgan fingerprint density at radius 1 is 0.667 bits per heavy atom. The maximum Gasteiger partial charge on any atom is 0.416 e. The summed E-state index contributed by atoms with van der Waals surface area (Å²) in [6.07, 6.45) is -4.34. The van der Waals surface area contributed by atoms with Crippen LogP contribution in [0.2, 0.25) is 0 Å². The third kappa shape index (κ3) is 7.03. The standard InChI is InChI=1S/C7H4F3NS5.C6H4S5/c8-7(9,10)3-1-4(11)6-5(2-3)12-14-16-15-13-6;1-2-4-6-5(3-1)7-9-11-10-8-6/h1-2H,11H2;1-4H. The van der Waals surface area contributed by atoms with E-state index in [9.17, 15) is 13.2 Å². The highest BCUT2D eigenvalue weighted by molar-refractivity contribution is 9.36. The fourth-order valence-electron chi connectivity index (χ4n) is 1.75. The zero-order valence-electron chi connectivity index (χ0n) is 12.8. The second-order valence-corrected chi connectivity index (χ2v) is 19.6. The summed E-state index contributed by atoms with van der Waals surface area (Å²) in [5.41, 5.74) is 5.15. The number of nitrogen functional groups attached to an aromatic ring is 1. The largest absolute Gasteiger partial charge is 0.416 e. The van der Waals surface area contributed by atoms with Crippen LogP contribution in [0.25, 0.3) is 0 Å². The number of fused-ring (bicyclic) bond motifs is 2. The summed E-state index contributed by atoms with van der Waals surface area (Å²) in [6, 6.07) is 10.7. The van der Waals surface area contributed by atoms with E-state index in [1.54, 1.807) is 0 Å². The van der Waals surface area contributed by atoms with E-state index in [0.29, 0.717) is 4.90 Å². The molecule has 1 nitrogen and oxygen atoms in total. The molecule has 0 radical (unpaired) electrons. The van der Waals surface area contributed by atoms with Gasteiger partial charge < -0.3 is 5.73 Å². The Hall–Kier alpha value is 1.53. The van der Waals surface area contributed by atoms with Gasteiger partial charge in [-0.25, -0.2) is 0 Å². The number of alkyl halides is 3. The Balaban J connectivity index is 0.000000166. The average Bonchev–Trinajstić information content (AvgIpc) is 3.02. The first-order valence-electron chi connectivity index (χ1n) is 6.74. The van der Waals surface area contributed by atoms with Gasteiger partial charge in [0.2, 0.25) is 0 Å². The molecule has 0 aliphatic carbocycles. The summed E-state index contributed by atoms with van der Waals surface area (Å²) in [7, 11) is 16.4. The smallest absolute Gasteiger partial charge is 0.398 e. The zero-order valence-corrected chi connectivity index (χ0v) is 20.9. The molecule has 0 aromatic heterocycles. The second-order valence-electron chi connectivity index (χ2n) is 4.58. The molecule has 146 valence electrons. The molecule has 0 saturated carbocycles. The number of rotatable bonds is 0. The Morgan fingerprint density at radius 2 is 1.19 bits per heavy atom. The highest BCUT2D eigenvalue weighted by Gasteiger charge is 2.32. The number of hydrogen-bond acceptors (Lipinski definition) is 11. The van der Waals surface area contributed by atoms with Gasteiger partial charge in [-0.05, 0) is 126 Å². The normalized spacial score (nSPS) is 16.9. The van der Waals surface area contributed by atoms with Crippen LogP contribution in [0.3, 0.4) is 0 Å². The molecule has 0 bridgehead atoms. The number of nitrogens with two attached hydrogens (primary N) is 1. The molecule has 0 unspecified atom stereocenters. The van der Waals surface area contributed by atoms with Gasteiger partial charge >= 0.3 is 6.18 Å². The van der Waals surface area contributed by atoms with Crippen LogP contribution in [-0.2, 0) is 6.18 Å². The molecule has 2 aromatic carbocycles. The molecule has 4 rings (SSSR count). The first kappa shape index (κ1) is 23.2. The van der Waals surface area contributed by atoms with E-state index in [0.717, 1.165) is 17.0 Å². The van der Waals surface area contributed by atoms with Gasteiger partial charge in [0.15, 0.2) is 0 Å². The van der Waals surface area contributed by atoms with Gasteiger partial charge in [0.1, 0.15) is 0 Å². The van der Waals surface area contributed by atoms with Crippen molar-refractivity contribution in [2.24, 2.45) is 0 Å². The summed E-state index contributed by atoms with van der Waals surface area (Å²) in [5, 5.41) is 0. The Morgan fingerprint density at radius 3 is 1.74 bits per heavy atom. The maximum absolute atomic E-state index is 12.6. The molecule has 0 fully saturated rings. The highest BCUT2D eigenvalue weighted by atomic mass is 33.8. The third-order valence-electron chi connectivity index (χ3n) is 2.86. The minimum atomic E-state index is -4.34. The predicted molar refractivity (Wildman–Crippen MR) is 131 cm³/mol. The number of halogens is 3. The van der Waals surface area contributed by atoms with E-state index in [-0.39, 0.29) is 5.69 Å². The summed E-state index contributed by atoms with van der Waals surface area (Å²) >= 11 is 0. The number of anilines is 1. The van der Waals surface area contributed by atoms with Crippen molar-refractivity contribution in [2.75, 3.05) is 5.73 Å². The van der Waals surface area contributed by atoms with Crippen molar-refractivity contribution in [1.82, 2.24) is 0 Å². The lowest BCUT2D eigenvalue weighted by atomic mass is 10.2. The van der Waals surface area contributed by atoms with Crippen molar-refractivity contribution in [3.05, 3.63) is 42.0 Å². The lowest BCUT2D eigenvalue weighted by molar-refractivity contribution is -0.137. The van der Waals surface area contributed by atoms with Crippen LogP contribution in [0, 0.1) is 0 Å². The molecular formula is C13H8F3NS10. The van der Waals surface area contributed by atoms with E-state index in [2.05, 4.69) is 24.3 Å². The van der Waals surface area contributed by atoms with Crippen LogP contribution in [-0.4, -0.2) is 0 Å². The third-order valence-corrected chi connectivity index (χ3v) is 19.9. The minimum absolute atomic E-state index is 0.193. The van der Waals surface area contributed by atoms with Crippen molar-refractivity contribution in [3.8, 4) is 0 Å². The first-order chi connectivity index (χ1) is 12.9. The van der Waals surface area contributed by atoms with Crippen LogP contribution >= 0.6 is 102 Å². The quantitative estimate of drug-likeness (QED) is 0.248. The van der Waals surface area contributed by atoms with Gasteiger partial charge in [0.05, 0.1) is 10.5 Å². The molecule has 0 amide bonds. The van der Waals surface area contributed by atoms with Crippen LogP contribution in [0.15, 0.2) is 56.0 Å². The van der Waals surface area contributed by atoms with E-state index in [4.69, 9.17) is 5.73 Å². The van der Waals surface area contributed by atoms with Crippen LogP contribution < -0.4 is 5.73 Å². The lowest BCUT2D eigenvalue weighted by Crippen LogP contribution is -2.06. The summed E-state index contributed by atoms with van der Waals surface area (Å²) in [5.74, 6) is 0. The summed E-state index contributed by atoms with van der Waals surface area (Å²) < 4.78 is 37.7. The monoisotopic (exact) mass is 555 g/mol. The average molecular weight is 556 g/mol. The van der Waals surface area contributed by atoms with E-state index in [1.165, 1.54) is 60.9 Å². The van der Waals surface area contributed by atoms with E-state index < -0.39 is 11.7 Å². The molecule has 0 saturated heterocycles. The molecule has 2 aliphatic rings. The maximum atomic E-state index is 12.6. The van der Waals surface area contributed by atoms with Gasteiger partial charge in [-0.3, -0.25) is 0 Å². The molecular weight excluding hydrogens is 548 g/mol. The van der Waals surface area contributed by atoms with Crippen LogP contribution in [0.4, 0.5) is 18.9 Å². The SMILES string of the molecule is Nc1cc(C(F)(F)F)cc2c1SSSSS2.c1ccc2c(c1)SSSSS2. The minimum Gasteiger partial charge on any atom is -0.398 e. The van der Waals surface area contributed by atoms with Gasteiger partial charge in [0.25, 0.3) is 0 Å². The fraction of sp³-hybridized carbons (Fsp3) is 0.0769. The molecule has 2 heterocycles. The second kappa shape index (κ2) is 11.2. The molecule has 2 aromatic rings. The molecule has 27 heavy (non-hydrogen) atoms. The lowest BCUT2D eigenvalue weighted by Gasteiger charge is -2.12. The Kier molecular flexibility index (Phi) is 9.65. The molecule has 2 N–H and O–H groups in total. The zero-order chi connectivity index (χ0) is 19.3. The Labute approximate surface area is 192 Å². The van der Waals surface area contributed by atoms with E-state index >= 15 is 0 Å². The molecule has 14 heteroatoms. The predicted octanol–water partition coefficient (Wildman–Crippen LogP) is 10.1. The van der Waals surface area contributed by atoms with Gasteiger partial charge in [0, 0.05) is 20.4 Å². The topological polar surface area (TPSA) is 26.0 Å². The van der Waals surface area contributed by atoms with Crippen molar-refractivity contribution in [2.45, 2.75) is 25.8 Å². The number of hydrogen-bond donors (Lipinski definition) is 1.